The summed E-state index contributed by atoms with van der Waals surface area (Å²) >= 11 is 0. The van der Waals surface area contributed by atoms with Crippen molar-refractivity contribution in [3.05, 3.63) is 144 Å². The zero-order valence-corrected chi connectivity index (χ0v) is 23.6. The number of aromatic hydroxyl groups is 2. The number of benzene rings is 6. The predicted octanol–water partition coefficient (Wildman–Crippen LogP) is 9.43. The van der Waals surface area contributed by atoms with Crippen molar-refractivity contribution < 1.29 is 10.2 Å². The van der Waals surface area contributed by atoms with Crippen LogP contribution in [0.3, 0.4) is 0 Å². The van der Waals surface area contributed by atoms with Gasteiger partial charge in [-0.1, -0.05) is 109 Å². The minimum Gasteiger partial charge on any atom is -0.507 e. The van der Waals surface area contributed by atoms with Crippen molar-refractivity contribution >= 4 is 34.0 Å². The summed E-state index contributed by atoms with van der Waals surface area (Å²) in [4.78, 5) is 9.56. The Balaban J connectivity index is 1.53. The lowest BCUT2D eigenvalue weighted by Crippen LogP contribution is -1.96. The summed E-state index contributed by atoms with van der Waals surface area (Å²) in [5.74, 6) is 0.148. The molecule has 4 nitrogen and oxygen atoms in total. The Morgan fingerprint density at radius 1 is 0.500 bits per heavy atom. The molecule has 2 atom stereocenters. The Kier molecular flexibility index (Phi) is 7.52. The van der Waals surface area contributed by atoms with Crippen LogP contribution in [0, 0.1) is 0 Å². The smallest absolute Gasteiger partial charge is 0.132 e. The van der Waals surface area contributed by atoms with Crippen molar-refractivity contribution in [2.75, 3.05) is 0 Å². The van der Waals surface area contributed by atoms with Crippen LogP contribution in [0.1, 0.15) is 48.2 Å². The molecule has 4 heteroatoms. The second-order valence-electron chi connectivity index (χ2n) is 10.6. The normalized spacial score (nSPS) is 13.3. The summed E-state index contributed by atoms with van der Waals surface area (Å²) in [6, 6.07) is 39.7. The van der Waals surface area contributed by atoms with Gasteiger partial charge in [0.15, 0.2) is 0 Å². The van der Waals surface area contributed by atoms with E-state index in [1.54, 1.807) is 12.4 Å². The highest BCUT2D eigenvalue weighted by atomic mass is 16.3. The van der Waals surface area contributed by atoms with Gasteiger partial charge < -0.3 is 10.2 Å². The maximum absolute atomic E-state index is 11.8. The Hall–Kier alpha value is -5.22. The van der Waals surface area contributed by atoms with Crippen LogP contribution in [0.15, 0.2) is 131 Å². The molecule has 42 heavy (non-hydrogen) atoms. The summed E-state index contributed by atoms with van der Waals surface area (Å²) in [6.07, 6.45) is 3.46. The van der Waals surface area contributed by atoms with Crippen LogP contribution >= 0.6 is 0 Å². The molecule has 0 radical (unpaired) electrons. The van der Waals surface area contributed by atoms with E-state index in [-0.39, 0.29) is 23.6 Å². The first kappa shape index (κ1) is 27.0. The number of hydrogen-bond acceptors (Lipinski definition) is 4. The third kappa shape index (κ3) is 5.27. The summed E-state index contributed by atoms with van der Waals surface area (Å²) in [5.41, 5.74) is 4.51. The first-order valence-electron chi connectivity index (χ1n) is 14.2. The molecule has 6 aromatic rings. The molecular weight excluding hydrogens is 516 g/mol. The lowest BCUT2D eigenvalue weighted by Gasteiger charge is -2.18. The van der Waals surface area contributed by atoms with Crippen LogP contribution in [0.2, 0.25) is 0 Å². The largest absolute Gasteiger partial charge is 0.507 e. The quantitative estimate of drug-likeness (QED) is 0.195. The zero-order chi connectivity index (χ0) is 29.1. The van der Waals surface area contributed by atoms with Gasteiger partial charge >= 0.3 is 0 Å². The van der Waals surface area contributed by atoms with Gasteiger partial charge in [-0.05, 0) is 58.7 Å². The molecule has 0 unspecified atom stereocenters. The topological polar surface area (TPSA) is 65.2 Å². The van der Waals surface area contributed by atoms with Gasteiger partial charge in [0.25, 0.3) is 0 Å². The molecule has 0 aliphatic carbocycles. The van der Waals surface area contributed by atoms with E-state index < -0.39 is 0 Å². The molecule has 6 rings (SSSR count). The Bertz CT molecular complexity index is 1790. The van der Waals surface area contributed by atoms with Gasteiger partial charge in [-0.2, -0.15) is 0 Å². The van der Waals surface area contributed by atoms with E-state index in [4.69, 9.17) is 9.98 Å². The number of nitrogens with zero attached hydrogens (tertiary/aromatic N) is 2. The Labute approximate surface area is 246 Å². The summed E-state index contributed by atoms with van der Waals surface area (Å²) < 4.78 is 0. The second kappa shape index (κ2) is 11.7. The fourth-order valence-corrected chi connectivity index (χ4v) is 5.44. The van der Waals surface area contributed by atoms with Gasteiger partial charge in [0.05, 0.1) is 12.1 Å². The van der Waals surface area contributed by atoms with Crippen molar-refractivity contribution in [1.82, 2.24) is 0 Å². The summed E-state index contributed by atoms with van der Waals surface area (Å²) in [5, 5.41) is 27.2. The number of phenols is 2. The average molecular weight is 549 g/mol. The van der Waals surface area contributed by atoms with Crippen LogP contribution in [0.5, 0.6) is 11.5 Å². The summed E-state index contributed by atoms with van der Waals surface area (Å²) in [7, 11) is 0. The third-order valence-corrected chi connectivity index (χ3v) is 7.79. The van der Waals surface area contributed by atoms with E-state index >= 15 is 0 Å². The van der Waals surface area contributed by atoms with Crippen LogP contribution in [-0.4, -0.2) is 22.6 Å². The molecule has 0 amide bonds. The highest BCUT2D eigenvalue weighted by Crippen LogP contribution is 2.47. The number of fused-ring (bicyclic) bond motifs is 2. The maximum Gasteiger partial charge on any atom is 0.132 e. The van der Waals surface area contributed by atoms with Crippen LogP contribution < -0.4 is 0 Å². The first-order valence-corrected chi connectivity index (χ1v) is 14.2. The van der Waals surface area contributed by atoms with Crippen LogP contribution in [0.4, 0.5) is 0 Å². The molecule has 2 N–H and O–H groups in total. The molecule has 0 saturated carbocycles. The number of aliphatic imine (C=N–C) groups is 2. The molecule has 0 saturated heterocycles. The molecule has 0 aromatic heterocycles. The fraction of sp³-hybridized carbons (Fsp3) is 0.105. The van der Waals surface area contributed by atoms with Gasteiger partial charge in [0, 0.05) is 34.7 Å². The SMILES string of the molecule is C[C@H](N=Cc1cc2ccccc2c(-c2c(O)c(C=N[C@@H](C)c3ccccc3)cc3ccccc23)c1O)c1ccccc1. The van der Waals surface area contributed by atoms with Gasteiger partial charge in [-0.25, -0.2) is 0 Å². The molecule has 0 fully saturated rings. The number of phenolic OH excluding ortho intramolecular Hbond substituents is 2. The van der Waals surface area contributed by atoms with Crippen molar-refractivity contribution in [1.29, 1.82) is 0 Å². The molecule has 6 aromatic carbocycles. The van der Waals surface area contributed by atoms with Gasteiger partial charge in [-0.15, -0.1) is 0 Å². The minimum atomic E-state index is -0.0825. The Morgan fingerprint density at radius 2 is 0.857 bits per heavy atom. The van der Waals surface area contributed by atoms with Gasteiger partial charge in [-0.3, -0.25) is 9.98 Å². The molecule has 0 spiro atoms. The van der Waals surface area contributed by atoms with Gasteiger partial charge in [0.1, 0.15) is 11.5 Å². The summed E-state index contributed by atoms with van der Waals surface area (Å²) in [6.45, 7) is 4.06. The molecule has 0 heterocycles. The maximum atomic E-state index is 11.8. The molecule has 206 valence electrons. The average Bonchev–Trinajstić information content (AvgIpc) is 3.04. The molecule has 0 bridgehead atoms. The van der Waals surface area contributed by atoms with E-state index in [1.165, 1.54) is 0 Å². The molecule has 0 aliphatic rings. The van der Waals surface area contributed by atoms with Crippen molar-refractivity contribution in [2.45, 2.75) is 25.9 Å². The second-order valence-corrected chi connectivity index (χ2v) is 10.6. The van der Waals surface area contributed by atoms with E-state index in [1.807, 2.05) is 135 Å². The van der Waals surface area contributed by atoms with Gasteiger partial charge in [0.2, 0.25) is 0 Å². The van der Waals surface area contributed by atoms with Crippen molar-refractivity contribution in [2.24, 2.45) is 9.98 Å². The standard InChI is InChI=1S/C38H32N2O2/c1-25(27-13-5-3-6-14-27)39-23-31-21-29-17-9-11-19-33(29)35(37(31)41)36-34-20-12-10-18-30(34)22-32(38(36)42)24-40-26(2)28-15-7-4-8-16-28/h3-26,41-42H,1-2H3/t25-,26-/m0/s1. The monoisotopic (exact) mass is 548 g/mol. The highest BCUT2D eigenvalue weighted by molar-refractivity contribution is 6.14. The van der Waals surface area contributed by atoms with Crippen LogP contribution in [-0.2, 0) is 0 Å². The minimum absolute atomic E-state index is 0.0740. The zero-order valence-electron chi connectivity index (χ0n) is 23.6. The van der Waals surface area contributed by atoms with E-state index in [0.717, 1.165) is 32.7 Å². The number of rotatable bonds is 7. The molecular formula is C38H32N2O2. The number of hydrogen-bond donors (Lipinski definition) is 2. The van der Waals surface area contributed by atoms with Crippen molar-refractivity contribution in [3.63, 3.8) is 0 Å². The predicted molar refractivity (Wildman–Crippen MR) is 175 cm³/mol. The van der Waals surface area contributed by atoms with E-state index in [0.29, 0.717) is 22.3 Å². The third-order valence-electron chi connectivity index (χ3n) is 7.79. The fourth-order valence-electron chi connectivity index (χ4n) is 5.44. The van der Waals surface area contributed by atoms with Crippen molar-refractivity contribution in [3.8, 4) is 22.6 Å². The van der Waals surface area contributed by atoms with E-state index in [2.05, 4.69) is 0 Å². The van der Waals surface area contributed by atoms with Crippen LogP contribution in [0.25, 0.3) is 32.7 Å². The molecule has 0 aliphatic heterocycles. The lowest BCUT2D eigenvalue weighted by molar-refractivity contribution is 0.469. The first-order chi connectivity index (χ1) is 20.5. The lowest BCUT2D eigenvalue weighted by atomic mass is 9.89. The highest BCUT2D eigenvalue weighted by Gasteiger charge is 2.21. The Morgan fingerprint density at radius 3 is 1.26 bits per heavy atom. The van der Waals surface area contributed by atoms with E-state index in [9.17, 15) is 10.2 Å².